The van der Waals surface area contributed by atoms with Crippen LogP contribution in [0.15, 0.2) is 18.2 Å². The summed E-state index contributed by atoms with van der Waals surface area (Å²) in [5.41, 5.74) is 1.13. The van der Waals surface area contributed by atoms with E-state index in [1.54, 1.807) is 7.11 Å². The van der Waals surface area contributed by atoms with E-state index in [0.717, 1.165) is 62.8 Å². The van der Waals surface area contributed by atoms with Crippen molar-refractivity contribution in [1.29, 1.82) is 0 Å². The normalized spacial score (nSPS) is 23.8. The fourth-order valence-electron chi connectivity index (χ4n) is 2.74. The van der Waals surface area contributed by atoms with Gasteiger partial charge < -0.3 is 24.3 Å². The molecule has 2 fully saturated rings. The molecule has 0 spiro atoms. The standard InChI is InChI=1S/C16H23NO4/c1-18-14-3-2-12(16-11-17-6-9-20-16)10-15(14)21-13-4-7-19-8-5-13/h2-3,10,13,16-17H,4-9,11H2,1H3. The first-order chi connectivity index (χ1) is 10.4. The van der Waals surface area contributed by atoms with Crippen LogP contribution >= 0.6 is 0 Å². The van der Waals surface area contributed by atoms with Crippen LogP contribution in [0.1, 0.15) is 24.5 Å². The topological polar surface area (TPSA) is 49.0 Å². The number of ether oxygens (including phenoxy) is 4. The lowest BCUT2D eigenvalue weighted by Crippen LogP contribution is -2.33. The fraction of sp³-hybridized carbons (Fsp3) is 0.625. The Morgan fingerprint density at radius 1 is 1.14 bits per heavy atom. The minimum absolute atomic E-state index is 0.0849. The summed E-state index contributed by atoms with van der Waals surface area (Å²) in [7, 11) is 1.67. The van der Waals surface area contributed by atoms with Crippen molar-refractivity contribution in [3.05, 3.63) is 23.8 Å². The van der Waals surface area contributed by atoms with Crippen LogP contribution < -0.4 is 14.8 Å². The third kappa shape index (κ3) is 3.67. The van der Waals surface area contributed by atoms with E-state index >= 15 is 0 Å². The number of hydrogen-bond donors (Lipinski definition) is 1. The molecular formula is C16H23NO4. The molecule has 5 heteroatoms. The molecule has 0 aliphatic carbocycles. The van der Waals surface area contributed by atoms with Crippen LogP contribution in [0, 0.1) is 0 Å². The molecule has 1 aromatic rings. The molecule has 2 saturated heterocycles. The van der Waals surface area contributed by atoms with Crippen LogP contribution in [0.2, 0.25) is 0 Å². The van der Waals surface area contributed by atoms with E-state index < -0.39 is 0 Å². The summed E-state index contributed by atoms with van der Waals surface area (Å²) in [6, 6.07) is 6.06. The summed E-state index contributed by atoms with van der Waals surface area (Å²) in [6.07, 6.45) is 2.14. The van der Waals surface area contributed by atoms with Crippen molar-refractivity contribution in [2.24, 2.45) is 0 Å². The second kappa shape index (κ2) is 7.11. The van der Waals surface area contributed by atoms with Crippen molar-refractivity contribution < 1.29 is 18.9 Å². The summed E-state index contributed by atoms with van der Waals surface area (Å²) in [6.45, 7) is 4.03. The summed E-state index contributed by atoms with van der Waals surface area (Å²) in [4.78, 5) is 0. The fourth-order valence-corrected chi connectivity index (χ4v) is 2.74. The average Bonchev–Trinajstić information content (AvgIpc) is 2.56. The van der Waals surface area contributed by atoms with E-state index in [4.69, 9.17) is 18.9 Å². The first-order valence-corrected chi connectivity index (χ1v) is 7.61. The SMILES string of the molecule is COc1ccc(C2CNCCO2)cc1OC1CCOCC1. The Kier molecular flexibility index (Phi) is 4.95. The van der Waals surface area contributed by atoms with Gasteiger partial charge in [0.15, 0.2) is 11.5 Å². The monoisotopic (exact) mass is 293 g/mol. The van der Waals surface area contributed by atoms with Gasteiger partial charge in [-0.1, -0.05) is 6.07 Å². The maximum absolute atomic E-state index is 6.13. The van der Waals surface area contributed by atoms with Crippen molar-refractivity contribution in [3.8, 4) is 11.5 Å². The van der Waals surface area contributed by atoms with Gasteiger partial charge in [0.1, 0.15) is 6.10 Å². The molecule has 2 aliphatic heterocycles. The third-order valence-corrected chi connectivity index (χ3v) is 3.95. The van der Waals surface area contributed by atoms with E-state index in [9.17, 15) is 0 Å². The second-order valence-electron chi connectivity index (χ2n) is 5.40. The van der Waals surface area contributed by atoms with Crippen molar-refractivity contribution in [2.45, 2.75) is 25.0 Å². The zero-order valence-electron chi connectivity index (χ0n) is 12.5. The number of hydrogen-bond acceptors (Lipinski definition) is 5. The molecule has 116 valence electrons. The summed E-state index contributed by atoms with van der Waals surface area (Å²) >= 11 is 0. The van der Waals surface area contributed by atoms with Gasteiger partial charge in [-0.25, -0.2) is 0 Å². The van der Waals surface area contributed by atoms with Gasteiger partial charge in [0.05, 0.1) is 33.0 Å². The first-order valence-electron chi connectivity index (χ1n) is 7.61. The van der Waals surface area contributed by atoms with E-state index in [1.807, 2.05) is 18.2 Å². The molecule has 0 amide bonds. The van der Waals surface area contributed by atoms with Crippen LogP contribution in [0.4, 0.5) is 0 Å². The molecule has 1 aromatic carbocycles. The number of morpholine rings is 1. The average molecular weight is 293 g/mol. The summed E-state index contributed by atoms with van der Waals surface area (Å²) in [5, 5.41) is 3.35. The zero-order valence-corrected chi connectivity index (χ0v) is 12.5. The summed E-state index contributed by atoms with van der Waals surface area (Å²) < 4.78 is 22.7. The number of rotatable bonds is 4. The Hall–Kier alpha value is -1.30. The highest BCUT2D eigenvalue weighted by Crippen LogP contribution is 2.33. The number of methoxy groups -OCH3 is 1. The summed E-state index contributed by atoms with van der Waals surface area (Å²) in [5.74, 6) is 1.57. The van der Waals surface area contributed by atoms with Gasteiger partial charge in [0, 0.05) is 25.9 Å². The molecule has 1 N–H and O–H groups in total. The molecule has 2 aliphatic rings. The van der Waals surface area contributed by atoms with Gasteiger partial charge in [-0.05, 0) is 17.7 Å². The molecule has 3 rings (SSSR count). The van der Waals surface area contributed by atoms with E-state index in [0.29, 0.717) is 0 Å². The second-order valence-corrected chi connectivity index (χ2v) is 5.40. The van der Waals surface area contributed by atoms with Gasteiger partial charge in [0.25, 0.3) is 0 Å². The number of nitrogens with one attached hydrogen (secondary N) is 1. The molecule has 0 bridgehead atoms. The Morgan fingerprint density at radius 3 is 2.71 bits per heavy atom. The van der Waals surface area contributed by atoms with Crippen LogP contribution in [0.25, 0.3) is 0 Å². The molecule has 1 unspecified atom stereocenters. The predicted molar refractivity (Wildman–Crippen MR) is 79.0 cm³/mol. The van der Waals surface area contributed by atoms with Gasteiger partial charge in [-0.15, -0.1) is 0 Å². The molecular weight excluding hydrogens is 270 g/mol. The minimum Gasteiger partial charge on any atom is -0.493 e. The van der Waals surface area contributed by atoms with E-state index in [1.165, 1.54) is 0 Å². The Morgan fingerprint density at radius 2 is 2.00 bits per heavy atom. The molecule has 1 atom stereocenters. The van der Waals surface area contributed by atoms with Crippen LogP contribution in [0.3, 0.4) is 0 Å². The van der Waals surface area contributed by atoms with Gasteiger partial charge in [-0.3, -0.25) is 0 Å². The highest BCUT2D eigenvalue weighted by Gasteiger charge is 2.20. The lowest BCUT2D eigenvalue weighted by atomic mass is 10.1. The van der Waals surface area contributed by atoms with E-state index in [2.05, 4.69) is 5.32 Å². The van der Waals surface area contributed by atoms with Crippen molar-refractivity contribution in [1.82, 2.24) is 5.32 Å². The predicted octanol–water partition coefficient (Wildman–Crippen LogP) is 1.91. The van der Waals surface area contributed by atoms with Crippen LogP contribution in [-0.2, 0) is 9.47 Å². The van der Waals surface area contributed by atoms with Gasteiger partial charge >= 0.3 is 0 Å². The van der Waals surface area contributed by atoms with Crippen LogP contribution in [-0.4, -0.2) is 46.1 Å². The smallest absolute Gasteiger partial charge is 0.161 e. The molecule has 0 saturated carbocycles. The Bertz CT molecular complexity index is 454. The largest absolute Gasteiger partial charge is 0.493 e. The molecule has 21 heavy (non-hydrogen) atoms. The van der Waals surface area contributed by atoms with E-state index in [-0.39, 0.29) is 12.2 Å². The highest BCUT2D eigenvalue weighted by molar-refractivity contribution is 5.44. The first kappa shape index (κ1) is 14.6. The van der Waals surface area contributed by atoms with Crippen molar-refractivity contribution >= 4 is 0 Å². The lowest BCUT2D eigenvalue weighted by Gasteiger charge is -2.27. The molecule has 0 aromatic heterocycles. The number of benzene rings is 1. The van der Waals surface area contributed by atoms with Gasteiger partial charge in [-0.2, -0.15) is 0 Å². The lowest BCUT2D eigenvalue weighted by molar-refractivity contribution is 0.0219. The minimum atomic E-state index is 0.0849. The Labute approximate surface area is 125 Å². The molecule has 0 radical (unpaired) electrons. The quantitative estimate of drug-likeness (QED) is 0.919. The third-order valence-electron chi connectivity index (χ3n) is 3.95. The zero-order chi connectivity index (χ0) is 14.5. The van der Waals surface area contributed by atoms with Crippen LogP contribution in [0.5, 0.6) is 11.5 Å². The van der Waals surface area contributed by atoms with Gasteiger partial charge in [0.2, 0.25) is 0 Å². The molecule has 2 heterocycles. The maximum Gasteiger partial charge on any atom is 0.161 e. The van der Waals surface area contributed by atoms with Crippen molar-refractivity contribution in [3.63, 3.8) is 0 Å². The molecule has 5 nitrogen and oxygen atoms in total. The Balaban J connectivity index is 1.75. The highest BCUT2D eigenvalue weighted by atomic mass is 16.5. The van der Waals surface area contributed by atoms with Crippen molar-refractivity contribution in [2.75, 3.05) is 40.0 Å². The maximum atomic E-state index is 6.13.